The van der Waals surface area contributed by atoms with Gasteiger partial charge in [0, 0.05) is 32.6 Å². The van der Waals surface area contributed by atoms with Crippen LogP contribution in [0.25, 0.3) is 0 Å². The van der Waals surface area contributed by atoms with Gasteiger partial charge in [0.15, 0.2) is 0 Å². The molecule has 0 N–H and O–H groups in total. The first-order chi connectivity index (χ1) is 10.5. The van der Waals surface area contributed by atoms with Gasteiger partial charge in [-0.2, -0.15) is 0 Å². The molecule has 0 radical (unpaired) electrons. The van der Waals surface area contributed by atoms with E-state index in [-0.39, 0.29) is 17.9 Å². The third-order valence-electron chi connectivity index (χ3n) is 3.94. The molecule has 1 aliphatic heterocycles. The Morgan fingerprint density at radius 3 is 2.95 bits per heavy atom. The second-order valence-corrected chi connectivity index (χ2v) is 5.45. The second kappa shape index (κ2) is 7.11. The molecule has 1 atom stereocenters. The summed E-state index contributed by atoms with van der Waals surface area (Å²) in [6, 6.07) is 7.25. The van der Waals surface area contributed by atoms with E-state index < -0.39 is 0 Å². The van der Waals surface area contributed by atoms with E-state index in [1.165, 1.54) is 0 Å². The molecule has 0 spiro atoms. The van der Waals surface area contributed by atoms with Crippen LogP contribution >= 0.6 is 0 Å². The third kappa shape index (κ3) is 3.67. The second-order valence-electron chi connectivity index (χ2n) is 5.45. The molecule has 5 heteroatoms. The maximum Gasteiger partial charge on any atom is 0.254 e. The molecule has 0 bridgehead atoms. The molecule has 2 amide bonds. The van der Waals surface area contributed by atoms with Gasteiger partial charge in [0.05, 0.1) is 6.04 Å². The fraction of sp³-hybridized carbons (Fsp3) is 0.412. The van der Waals surface area contributed by atoms with E-state index in [4.69, 9.17) is 4.74 Å². The van der Waals surface area contributed by atoms with E-state index in [1.807, 2.05) is 6.07 Å². The van der Waals surface area contributed by atoms with Gasteiger partial charge < -0.3 is 14.5 Å². The van der Waals surface area contributed by atoms with Crippen LogP contribution in [-0.4, -0.2) is 54.4 Å². The van der Waals surface area contributed by atoms with Gasteiger partial charge in [-0.1, -0.05) is 18.7 Å². The summed E-state index contributed by atoms with van der Waals surface area (Å²) in [5, 5.41) is 0. The highest BCUT2D eigenvalue weighted by atomic mass is 16.5. The van der Waals surface area contributed by atoms with Crippen LogP contribution < -0.4 is 4.74 Å². The molecule has 5 nitrogen and oxygen atoms in total. The van der Waals surface area contributed by atoms with Crippen LogP contribution in [0.3, 0.4) is 0 Å². The lowest BCUT2D eigenvalue weighted by Crippen LogP contribution is -2.38. The van der Waals surface area contributed by atoms with Crippen molar-refractivity contribution in [2.45, 2.75) is 19.4 Å². The zero-order valence-electron chi connectivity index (χ0n) is 13.1. The van der Waals surface area contributed by atoms with Gasteiger partial charge in [-0.15, -0.1) is 0 Å². The highest BCUT2D eigenvalue weighted by molar-refractivity contribution is 5.94. The molecule has 0 unspecified atom stereocenters. The molecule has 2 rings (SSSR count). The van der Waals surface area contributed by atoms with Gasteiger partial charge in [-0.3, -0.25) is 9.59 Å². The molecule has 0 aromatic heterocycles. The van der Waals surface area contributed by atoms with Crippen molar-refractivity contribution in [2.75, 3.05) is 26.7 Å². The Bertz CT molecular complexity index is 571. The zero-order valence-corrected chi connectivity index (χ0v) is 13.1. The molecular formula is C17H22N2O3. The average molecular weight is 302 g/mol. The van der Waals surface area contributed by atoms with E-state index in [2.05, 4.69) is 6.58 Å². The van der Waals surface area contributed by atoms with Crippen molar-refractivity contribution in [3.8, 4) is 5.75 Å². The number of benzene rings is 1. The number of ether oxygens (including phenoxy) is 1. The van der Waals surface area contributed by atoms with Gasteiger partial charge >= 0.3 is 0 Å². The Morgan fingerprint density at radius 1 is 1.50 bits per heavy atom. The summed E-state index contributed by atoms with van der Waals surface area (Å²) in [7, 11) is 1.78. The van der Waals surface area contributed by atoms with E-state index in [1.54, 1.807) is 48.0 Å². The Kier molecular flexibility index (Phi) is 5.20. The molecular weight excluding hydrogens is 280 g/mol. The van der Waals surface area contributed by atoms with Gasteiger partial charge in [-0.25, -0.2) is 0 Å². The lowest BCUT2D eigenvalue weighted by atomic mass is 10.2. The molecule has 1 aromatic rings. The number of rotatable bonds is 5. The fourth-order valence-electron chi connectivity index (χ4n) is 2.56. The first-order valence-corrected chi connectivity index (χ1v) is 7.39. The summed E-state index contributed by atoms with van der Waals surface area (Å²) in [5.41, 5.74) is 0.604. The number of nitrogens with zero attached hydrogens (tertiary/aromatic N) is 2. The minimum atomic E-state index is -0.0245. The highest BCUT2D eigenvalue weighted by Crippen LogP contribution is 2.20. The summed E-state index contributed by atoms with van der Waals surface area (Å²) < 4.78 is 5.46. The van der Waals surface area contributed by atoms with Crippen LogP contribution in [0.15, 0.2) is 36.9 Å². The number of amides is 2. The first kappa shape index (κ1) is 16.1. The van der Waals surface area contributed by atoms with E-state index in [0.29, 0.717) is 31.0 Å². The van der Waals surface area contributed by atoms with Crippen molar-refractivity contribution in [3.05, 3.63) is 42.5 Å². The van der Waals surface area contributed by atoms with Crippen molar-refractivity contribution in [1.82, 2.24) is 9.80 Å². The molecule has 118 valence electrons. The molecule has 1 aliphatic rings. The number of carbonyl (C=O) groups excluding carboxylic acids is 2. The molecule has 1 aromatic carbocycles. The molecule has 0 saturated carbocycles. The average Bonchev–Trinajstić information content (AvgIpc) is 3.01. The van der Waals surface area contributed by atoms with Crippen molar-refractivity contribution in [1.29, 1.82) is 0 Å². The van der Waals surface area contributed by atoms with E-state index >= 15 is 0 Å². The van der Waals surface area contributed by atoms with Crippen molar-refractivity contribution in [3.63, 3.8) is 0 Å². The van der Waals surface area contributed by atoms with Gasteiger partial charge in [-0.05, 0) is 24.6 Å². The summed E-state index contributed by atoms with van der Waals surface area (Å²) >= 11 is 0. The standard InChI is InChI=1S/C17H22N2O3/c1-4-10-22-16-7-5-6-14(11-16)17(21)19-9-8-15(12-19)18(3)13(2)20/h4-7,11,15H,1,8-10,12H2,2-3H3/t15-/m1/s1. The normalized spacial score (nSPS) is 17.2. The lowest BCUT2D eigenvalue weighted by molar-refractivity contribution is -0.129. The predicted molar refractivity (Wildman–Crippen MR) is 84.9 cm³/mol. The Morgan fingerprint density at radius 2 is 2.27 bits per heavy atom. The highest BCUT2D eigenvalue weighted by Gasteiger charge is 2.30. The van der Waals surface area contributed by atoms with Crippen LogP contribution in [0, 0.1) is 0 Å². The minimum absolute atomic E-state index is 0.0245. The summed E-state index contributed by atoms with van der Waals surface area (Å²) in [5.74, 6) is 0.657. The van der Waals surface area contributed by atoms with Gasteiger partial charge in [0.2, 0.25) is 5.91 Å². The summed E-state index contributed by atoms with van der Waals surface area (Å²) in [6.07, 6.45) is 2.48. The molecule has 22 heavy (non-hydrogen) atoms. The first-order valence-electron chi connectivity index (χ1n) is 7.39. The Labute approximate surface area is 131 Å². The minimum Gasteiger partial charge on any atom is -0.490 e. The van der Waals surface area contributed by atoms with Gasteiger partial charge in [0.25, 0.3) is 5.91 Å². The van der Waals surface area contributed by atoms with E-state index in [9.17, 15) is 9.59 Å². The van der Waals surface area contributed by atoms with Crippen LogP contribution in [0.2, 0.25) is 0 Å². The number of carbonyl (C=O) groups is 2. The van der Waals surface area contributed by atoms with Crippen LogP contribution in [0.1, 0.15) is 23.7 Å². The molecule has 1 saturated heterocycles. The Hall–Kier alpha value is -2.30. The largest absolute Gasteiger partial charge is 0.490 e. The molecule has 0 aliphatic carbocycles. The predicted octanol–water partition coefficient (Wildman–Crippen LogP) is 1.94. The third-order valence-corrected chi connectivity index (χ3v) is 3.94. The Balaban J connectivity index is 2.03. The lowest BCUT2D eigenvalue weighted by Gasteiger charge is -2.23. The molecule has 1 heterocycles. The molecule has 1 fully saturated rings. The maximum atomic E-state index is 12.6. The van der Waals surface area contributed by atoms with Crippen LogP contribution in [-0.2, 0) is 4.79 Å². The smallest absolute Gasteiger partial charge is 0.254 e. The fourth-order valence-corrected chi connectivity index (χ4v) is 2.56. The quantitative estimate of drug-likeness (QED) is 0.781. The van der Waals surface area contributed by atoms with Gasteiger partial charge in [0.1, 0.15) is 12.4 Å². The number of hydrogen-bond acceptors (Lipinski definition) is 3. The number of likely N-dealkylation sites (N-methyl/N-ethyl adjacent to an activating group) is 1. The summed E-state index contributed by atoms with van der Waals surface area (Å²) in [4.78, 5) is 27.5. The maximum absolute atomic E-state index is 12.6. The monoisotopic (exact) mass is 302 g/mol. The number of hydrogen-bond donors (Lipinski definition) is 0. The van der Waals surface area contributed by atoms with Crippen LogP contribution in [0.5, 0.6) is 5.75 Å². The van der Waals surface area contributed by atoms with Crippen LogP contribution in [0.4, 0.5) is 0 Å². The SMILES string of the molecule is C=CCOc1cccc(C(=O)N2CC[C@@H](N(C)C(C)=O)C2)c1. The summed E-state index contributed by atoms with van der Waals surface area (Å²) in [6.45, 7) is 6.80. The van der Waals surface area contributed by atoms with E-state index in [0.717, 1.165) is 6.42 Å². The zero-order chi connectivity index (χ0) is 16.1. The topological polar surface area (TPSA) is 49.9 Å². The van der Waals surface area contributed by atoms with Crippen molar-refractivity contribution < 1.29 is 14.3 Å². The van der Waals surface area contributed by atoms with Crippen molar-refractivity contribution in [2.24, 2.45) is 0 Å². The number of likely N-dealkylation sites (tertiary alicyclic amines) is 1. The van der Waals surface area contributed by atoms with Crippen molar-refractivity contribution >= 4 is 11.8 Å².